The van der Waals surface area contributed by atoms with Crippen molar-refractivity contribution in [2.24, 2.45) is 5.92 Å². The van der Waals surface area contributed by atoms with Gasteiger partial charge >= 0.3 is 6.09 Å². The van der Waals surface area contributed by atoms with E-state index < -0.39 is 12.2 Å². The van der Waals surface area contributed by atoms with Crippen molar-refractivity contribution in [1.82, 2.24) is 9.80 Å². The van der Waals surface area contributed by atoms with Crippen LogP contribution in [0.15, 0.2) is 24.3 Å². The number of rotatable bonds is 2. The van der Waals surface area contributed by atoms with E-state index in [1.807, 2.05) is 0 Å². The molecule has 116 valence electrons. The van der Waals surface area contributed by atoms with Gasteiger partial charge < -0.3 is 15.1 Å². The zero-order valence-electron chi connectivity index (χ0n) is 11.8. The highest BCUT2D eigenvalue weighted by atomic mass is 16.4. The van der Waals surface area contributed by atoms with E-state index in [9.17, 15) is 19.5 Å². The molecule has 0 bridgehead atoms. The minimum absolute atomic E-state index is 0.0634. The maximum Gasteiger partial charge on any atom is 0.407 e. The molecule has 0 spiro atoms. The number of nitrogens with zero attached hydrogens (tertiary/aromatic N) is 2. The van der Waals surface area contributed by atoms with E-state index in [1.165, 1.54) is 0 Å². The largest absolute Gasteiger partial charge is 0.465 e. The summed E-state index contributed by atoms with van der Waals surface area (Å²) < 4.78 is 0. The fourth-order valence-electron chi connectivity index (χ4n) is 3.13. The minimum Gasteiger partial charge on any atom is -0.465 e. The summed E-state index contributed by atoms with van der Waals surface area (Å²) in [4.78, 5) is 37.9. The molecule has 3 amide bonds. The fourth-order valence-corrected chi connectivity index (χ4v) is 3.13. The minimum atomic E-state index is -1.11. The molecule has 1 aromatic carbocycles. The number of amides is 3. The molecule has 0 radical (unpaired) electrons. The van der Waals surface area contributed by atoms with Crippen molar-refractivity contribution < 1.29 is 24.6 Å². The van der Waals surface area contributed by atoms with Crippen LogP contribution in [0.25, 0.3) is 0 Å². The number of carbonyl (C=O) groups excluding carboxylic acids is 2. The first-order valence-electron chi connectivity index (χ1n) is 7.08. The number of likely N-dealkylation sites (tertiary alicyclic amines) is 1. The van der Waals surface area contributed by atoms with Crippen molar-refractivity contribution in [3.05, 3.63) is 35.4 Å². The number of carbonyl (C=O) groups is 3. The Labute approximate surface area is 126 Å². The molecule has 2 N–H and O–H groups in total. The second-order valence-corrected chi connectivity index (χ2v) is 5.71. The van der Waals surface area contributed by atoms with Gasteiger partial charge in [0.15, 0.2) is 0 Å². The van der Waals surface area contributed by atoms with Crippen LogP contribution in [-0.4, -0.2) is 63.7 Å². The highest BCUT2D eigenvalue weighted by Gasteiger charge is 2.38. The third-order valence-electron chi connectivity index (χ3n) is 4.10. The lowest BCUT2D eigenvalue weighted by atomic mass is 9.95. The van der Waals surface area contributed by atoms with E-state index in [1.54, 1.807) is 24.3 Å². The summed E-state index contributed by atoms with van der Waals surface area (Å²) in [6, 6.07) is 6.61. The molecule has 3 rings (SSSR count). The van der Waals surface area contributed by atoms with E-state index in [4.69, 9.17) is 5.11 Å². The van der Waals surface area contributed by atoms with Crippen LogP contribution >= 0.6 is 0 Å². The maximum absolute atomic E-state index is 12.3. The van der Waals surface area contributed by atoms with Crippen LogP contribution < -0.4 is 0 Å². The predicted octanol–water partition coefficient (Wildman–Crippen LogP) is 0.643. The molecular formula is C15H16N2O5. The summed E-state index contributed by atoms with van der Waals surface area (Å²) in [7, 11) is 0. The van der Waals surface area contributed by atoms with E-state index in [0.29, 0.717) is 17.5 Å². The van der Waals surface area contributed by atoms with Gasteiger partial charge in [0.2, 0.25) is 0 Å². The quantitative estimate of drug-likeness (QED) is 0.781. The Hall–Kier alpha value is -2.41. The Morgan fingerprint density at radius 3 is 2.27 bits per heavy atom. The summed E-state index contributed by atoms with van der Waals surface area (Å²) in [6.07, 6.45) is -1.51. The van der Waals surface area contributed by atoms with Crippen LogP contribution in [-0.2, 0) is 0 Å². The summed E-state index contributed by atoms with van der Waals surface area (Å²) in [5, 5.41) is 18.8. The number of benzene rings is 1. The lowest BCUT2D eigenvalue weighted by Gasteiger charge is -2.35. The predicted molar refractivity (Wildman–Crippen MR) is 75.5 cm³/mol. The molecule has 1 aromatic rings. The summed E-state index contributed by atoms with van der Waals surface area (Å²) in [5.74, 6) is -0.980. The summed E-state index contributed by atoms with van der Waals surface area (Å²) in [5.41, 5.74) is 0.748. The molecular weight excluding hydrogens is 288 g/mol. The standard InChI is InChI=1S/C15H16N2O5/c18-10-5-9(6-16(8-10)15(21)22)7-17-13(19)11-3-1-2-4-12(11)14(17)20/h1-4,9-10,18H,5-8H2,(H,21,22). The number of carboxylic acid groups (broad SMARTS) is 1. The van der Waals surface area contributed by atoms with Gasteiger partial charge in [-0.05, 0) is 24.5 Å². The molecule has 7 heteroatoms. The monoisotopic (exact) mass is 304 g/mol. The second-order valence-electron chi connectivity index (χ2n) is 5.71. The van der Waals surface area contributed by atoms with E-state index >= 15 is 0 Å². The highest BCUT2D eigenvalue weighted by Crippen LogP contribution is 2.26. The average molecular weight is 304 g/mol. The molecule has 22 heavy (non-hydrogen) atoms. The summed E-state index contributed by atoms with van der Waals surface area (Å²) in [6.45, 7) is 0.390. The first kappa shape index (κ1) is 14.5. The van der Waals surface area contributed by atoms with Crippen LogP contribution in [0.4, 0.5) is 4.79 Å². The third kappa shape index (κ3) is 2.43. The first-order chi connectivity index (χ1) is 10.5. The lowest BCUT2D eigenvalue weighted by molar-refractivity contribution is 0.0289. The van der Waals surface area contributed by atoms with Gasteiger partial charge in [0.25, 0.3) is 11.8 Å². The van der Waals surface area contributed by atoms with Gasteiger partial charge in [-0.1, -0.05) is 12.1 Å². The number of piperidine rings is 1. The zero-order chi connectivity index (χ0) is 15.9. The van der Waals surface area contributed by atoms with Gasteiger partial charge in [0.05, 0.1) is 17.2 Å². The Kier molecular flexibility index (Phi) is 3.58. The number of β-amino-alcohol motifs (C(OH)–C–C–N with tert-alkyl or cyclic N) is 1. The summed E-state index contributed by atoms with van der Waals surface area (Å²) >= 11 is 0. The molecule has 7 nitrogen and oxygen atoms in total. The van der Waals surface area contributed by atoms with Crippen molar-refractivity contribution in [3.63, 3.8) is 0 Å². The molecule has 0 aromatic heterocycles. The van der Waals surface area contributed by atoms with Gasteiger partial charge in [-0.15, -0.1) is 0 Å². The van der Waals surface area contributed by atoms with Crippen LogP contribution in [0.2, 0.25) is 0 Å². The molecule has 1 fully saturated rings. The van der Waals surface area contributed by atoms with Gasteiger partial charge in [-0.25, -0.2) is 4.79 Å². The van der Waals surface area contributed by atoms with Gasteiger partial charge in [0.1, 0.15) is 0 Å². The van der Waals surface area contributed by atoms with Gasteiger partial charge in [-0.2, -0.15) is 0 Å². The smallest absolute Gasteiger partial charge is 0.407 e. The van der Waals surface area contributed by atoms with E-state index in [-0.39, 0.29) is 37.4 Å². The lowest BCUT2D eigenvalue weighted by Crippen LogP contribution is -2.49. The topological polar surface area (TPSA) is 98.1 Å². The molecule has 1 saturated heterocycles. The average Bonchev–Trinajstić information content (AvgIpc) is 2.72. The fraction of sp³-hybridized carbons (Fsp3) is 0.400. The maximum atomic E-state index is 12.3. The normalized spacial score (nSPS) is 24.6. The van der Waals surface area contributed by atoms with Crippen molar-refractivity contribution >= 4 is 17.9 Å². The zero-order valence-corrected chi connectivity index (χ0v) is 11.8. The van der Waals surface area contributed by atoms with Crippen molar-refractivity contribution in [3.8, 4) is 0 Å². The molecule has 0 aliphatic carbocycles. The second kappa shape index (κ2) is 5.42. The molecule has 0 saturated carbocycles. The van der Waals surface area contributed by atoms with Crippen molar-refractivity contribution in [1.29, 1.82) is 0 Å². The van der Waals surface area contributed by atoms with Crippen molar-refractivity contribution in [2.75, 3.05) is 19.6 Å². The number of hydrogen-bond donors (Lipinski definition) is 2. The molecule has 2 atom stereocenters. The number of imide groups is 1. The Bertz CT molecular complexity index is 610. The van der Waals surface area contributed by atoms with Crippen molar-refractivity contribution in [2.45, 2.75) is 12.5 Å². The van der Waals surface area contributed by atoms with Gasteiger partial charge in [-0.3, -0.25) is 14.5 Å². The third-order valence-corrected chi connectivity index (χ3v) is 4.10. The van der Waals surface area contributed by atoms with Crippen LogP contribution in [0.5, 0.6) is 0 Å². The van der Waals surface area contributed by atoms with E-state index in [2.05, 4.69) is 0 Å². The molecule has 2 aliphatic rings. The Balaban J connectivity index is 1.75. The van der Waals surface area contributed by atoms with Crippen LogP contribution in [0.1, 0.15) is 27.1 Å². The number of aliphatic hydroxyl groups excluding tert-OH is 1. The number of hydrogen-bond acceptors (Lipinski definition) is 4. The van der Waals surface area contributed by atoms with Crippen LogP contribution in [0.3, 0.4) is 0 Å². The number of fused-ring (bicyclic) bond motifs is 1. The van der Waals surface area contributed by atoms with Gasteiger partial charge in [0, 0.05) is 19.6 Å². The number of aliphatic hydroxyl groups is 1. The first-order valence-corrected chi connectivity index (χ1v) is 7.08. The van der Waals surface area contributed by atoms with Crippen LogP contribution in [0, 0.1) is 5.92 Å². The highest BCUT2D eigenvalue weighted by molar-refractivity contribution is 6.21. The SMILES string of the molecule is O=C(O)N1CC(O)CC(CN2C(=O)c3ccccc3C2=O)C1. The Morgan fingerprint density at radius 1 is 1.14 bits per heavy atom. The Morgan fingerprint density at radius 2 is 1.73 bits per heavy atom. The molecule has 2 aliphatic heterocycles. The molecule has 2 heterocycles. The molecule has 2 unspecified atom stereocenters. The van der Waals surface area contributed by atoms with E-state index in [0.717, 1.165) is 9.80 Å².